The summed E-state index contributed by atoms with van der Waals surface area (Å²) in [6.45, 7) is 1.04. The summed E-state index contributed by atoms with van der Waals surface area (Å²) in [5.41, 5.74) is 1.57. The highest BCUT2D eigenvalue weighted by Gasteiger charge is 2.29. The van der Waals surface area contributed by atoms with Crippen molar-refractivity contribution in [1.82, 2.24) is 9.88 Å². The molecule has 1 fully saturated rings. The molecule has 0 spiro atoms. The van der Waals surface area contributed by atoms with Gasteiger partial charge in [-0.3, -0.25) is 14.4 Å². The summed E-state index contributed by atoms with van der Waals surface area (Å²) in [6.07, 6.45) is 4.17. The Morgan fingerprint density at radius 3 is 2.68 bits per heavy atom. The molecule has 0 radical (unpaired) electrons. The molecule has 11 heteroatoms. The first-order valence-electron chi connectivity index (χ1n) is 9.48. The molecule has 1 aliphatic rings. The normalized spacial score (nSPS) is 15.8. The van der Waals surface area contributed by atoms with E-state index in [0.29, 0.717) is 57.6 Å². The zero-order chi connectivity index (χ0) is 22.4. The Bertz CT molecular complexity index is 958. The minimum absolute atomic E-state index is 0.0727. The predicted molar refractivity (Wildman–Crippen MR) is 125 cm³/mol. The van der Waals surface area contributed by atoms with Crippen molar-refractivity contribution in [3.05, 3.63) is 45.1 Å². The van der Waals surface area contributed by atoms with Gasteiger partial charge in [-0.05, 0) is 53.0 Å². The van der Waals surface area contributed by atoms with Crippen LogP contribution in [0.2, 0.25) is 10.0 Å². The topological polar surface area (TPSA) is 94.6 Å². The molecule has 1 saturated heterocycles. The minimum Gasteiger partial charge on any atom is -0.376 e. The maximum atomic E-state index is 12.8. The third kappa shape index (κ3) is 6.09. The summed E-state index contributed by atoms with van der Waals surface area (Å²) in [5.74, 6) is -0.103. The fourth-order valence-electron chi connectivity index (χ4n) is 3.50. The molecule has 31 heavy (non-hydrogen) atoms. The maximum Gasteiger partial charge on any atom is 0.241 e. The van der Waals surface area contributed by atoms with Crippen molar-refractivity contribution < 1.29 is 14.4 Å². The van der Waals surface area contributed by atoms with Crippen LogP contribution in [0, 0.1) is 0 Å². The predicted octanol–water partition coefficient (Wildman–Crippen LogP) is 3.79. The van der Waals surface area contributed by atoms with E-state index in [0.717, 1.165) is 12.8 Å². The Labute approximate surface area is 198 Å². The van der Waals surface area contributed by atoms with Crippen LogP contribution in [0.3, 0.4) is 0 Å². The van der Waals surface area contributed by atoms with Crippen LogP contribution in [0.4, 0.5) is 17.1 Å². The lowest BCUT2D eigenvalue weighted by atomic mass is 10.0. The van der Waals surface area contributed by atoms with Gasteiger partial charge >= 0.3 is 0 Å². The molecule has 0 aliphatic carbocycles. The van der Waals surface area contributed by atoms with E-state index in [2.05, 4.69) is 31.5 Å². The molecule has 2 heterocycles. The van der Waals surface area contributed by atoms with Gasteiger partial charge in [0.15, 0.2) is 0 Å². The molecule has 1 aromatic heterocycles. The second-order valence-electron chi connectivity index (χ2n) is 6.95. The second kappa shape index (κ2) is 10.8. The average molecular weight is 529 g/mol. The minimum atomic E-state index is -0.239. The van der Waals surface area contributed by atoms with Gasteiger partial charge in [-0.15, -0.1) is 0 Å². The lowest BCUT2D eigenvalue weighted by Gasteiger charge is -2.38. The second-order valence-corrected chi connectivity index (χ2v) is 8.63. The van der Waals surface area contributed by atoms with Gasteiger partial charge in [0.25, 0.3) is 0 Å². The van der Waals surface area contributed by atoms with E-state index in [-0.39, 0.29) is 18.5 Å². The van der Waals surface area contributed by atoms with Crippen LogP contribution in [0.1, 0.15) is 12.8 Å². The molecule has 3 rings (SSSR count). The number of benzene rings is 1. The molecule has 8 nitrogen and oxygen atoms in total. The van der Waals surface area contributed by atoms with E-state index in [1.807, 2.05) is 0 Å². The van der Waals surface area contributed by atoms with Crippen molar-refractivity contribution in [3.63, 3.8) is 0 Å². The van der Waals surface area contributed by atoms with Crippen molar-refractivity contribution in [2.75, 3.05) is 35.2 Å². The lowest BCUT2D eigenvalue weighted by Crippen LogP contribution is -2.51. The Morgan fingerprint density at radius 2 is 2.00 bits per heavy atom. The first kappa shape index (κ1) is 23.3. The maximum absolute atomic E-state index is 12.8. The van der Waals surface area contributed by atoms with Gasteiger partial charge in [-0.1, -0.05) is 23.2 Å². The number of halogens is 3. The SMILES string of the molecule is O=CNc1cnc(Br)cc1N(C=O)[C@H]1CCCN(C(=O)CNc2cc(Cl)cc(Cl)c2)C1. The number of carbonyl (C=O) groups excluding carboxylic acids is 3. The Hall–Kier alpha value is -2.36. The van der Waals surface area contributed by atoms with E-state index >= 15 is 0 Å². The highest BCUT2D eigenvalue weighted by Crippen LogP contribution is 2.30. The van der Waals surface area contributed by atoms with Gasteiger partial charge in [-0.25, -0.2) is 4.98 Å². The molecule has 2 aromatic rings. The number of likely N-dealkylation sites (tertiary alicyclic amines) is 1. The van der Waals surface area contributed by atoms with Crippen LogP contribution in [0.15, 0.2) is 35.1 Å². The number of hydrogen-bond donors (Lipinski definition) is 2. The van der Waals surface area contributed by atoms with E-state index in [4.69, 9.17) is 23.2 Å². The molecule has 0 bridgehead atoms. The highest BCUT2D eigenvalue weighted by molar-refractivity contribution is 9.10. The molecule has 1 aromatic carbocycles. The number of anilines is 3. The van der Waals surface area contributed by atoms with Crippen molar-refractivity contribution in [2.24, 2.45) is 0 Å². The molecule has 164 valence electrons. The molecule has 3 amide bonds. The Morgan fingerprint density at radius 1 is 1.26 bits per heavy atom. The van der Waals surface area contributed by atoms with Gasteiger partial charge in [-0.2, -0.15) is 0 Å². The summed E-state index contributed by atoms with van der Waals surface area (Å²) < 4.78 is 0.527. The number of nitrogens with zero attached hydrogens (tertiary/aromatic N) is 3. The lowest BCUT2D eigenvalue weighted by molar-refractivity contribution is -0.130. The smallest absolute Gasteiger partial charge is 0.241 e. The first-order chi connectivity index (χ1) is 14.9. The third-order valence-electron chi connectivity index (χ3n) is 4.90. The number of amides is 3. The summed E-state index contributed by atoms with van der Waals surface area (Å²) in [6, 6.07) is 6.42. The Balaban J connectivity index is 1.70. The van der Waals surface area contributed by atoms with Crippen LogP contribution in [-0.2, 0) is 14.4 Å². The summed E-state index contributed by atoms with van der Waals surface area (Å²) in [4.78, 5) is 43.0. The van der Waals surface area contributed by atoms with Crippen molar-refractivity contribution in [2.45, 2.75) is 18.9 Å². The average Bonchev–Trinajstić information content (AvgIpc) is 2.74. The summed E-state index contributed by atoms with van der Waals surface area (Å²) in [5, 5.41) is 6.56. The fourth-order valence-corrected chi connectivity index (χ4v) is 4.35. The molecular weight excluding hydrogens is 509 g/mol. The Kier molecular flexibility index (Phi) is 8.11. The van der Waals surface area contributed by atoms with Gasteiger partial charge in [0, 0.05) is 28.8 Å². The summed E-state index contributed by atoms with van der Waals surface area (Å²) >= 11 is 15.3. The van der Waals surface area contributed by atoms with Gasteiger partial charge in [0.1, 0.15) is 4.60 Å². The number of carbonyl (C=O) groups is 3. The molecular formula is C20H20BrCl2N5O3. The molecule has 1 aliphatic heterocycles. The summed E-state index contributed by atoms with van der Waals surface area (Å²) in [7, 11) is 0. The molecule has 2 N–H and O–H groups in total. The van der Waals surface area contributed by atoms with Crippen molar-refractivity contribution in [1.29, 1.82) is 0 Å². The quantitative estimate of drug-likeness (QED) is 0.401. The van der Waals surface area contributed by atoms with Crippen LogP contribution < -0.4 is 15.5 Å². The van der Waals surface area contributed by atoms with Crippen LogP contribution in [-0.4, -0.2) is 54.3 Å². The van der Waals surface area contributed by atoms with Crippen LogP contribution in [0.25, 0.3) is 0 Å². The number of nitrogens with one attached hydrogen (secondary N) is 2. The third-order valence-corrected chi connectivity index (χ3v) is 5.77. The van der Waals surface area contributed by atoms with E-state index in [1.165, 1.54) is 11.1 Å². The largest absolute Gasteiger partial charge is 0.376 e. The van der Waals surface area contributed by atoms with E-state index in [9.17, 15) is 14.4 Å². The molecule has 1 atom stereocenters. The number of aromatic nitrogens is 1. The van der Waals surface area contributed by atoms with Gasteiger partial charge in [0.2, 0.25) is 18.7 Å². The zero-order valence-corrected chi connectivity index (χ0v) is 19.5. The number of rotatable bonds is 8. The zero-order valence-electron chi connectivity index (χ0n) is 16.4. The van der Waals surface area contributed by atoms with Gasteiger partial charge in [0.05, 0.1) is 30.2 Å². The number of hydrogen-bond acceptors (Lipinski definition) is 5. The van der Waals surface area contributed by atoms with E-state index < -0.39 is 0 Å². The van der Waals surface area contributed by atoms with Crippen molar-refractivity contribution >= 4 is 74.9 Å². The first-order valence-corrected chi connectivity index (χ1v) is 11.0. The molecule has 0 unspecified atom stereocenters. The standard InChI is InChI=1S/C20H20BrCl2N5O3/c21-19-7-18(17(8-25-19)26-11-29)28(12-30)16-2-1-3-27(10-16)20(31)9-24-15-5-13(22)4-14(23)6-15/h4-8,11-12,16,24H,1-3,9-10H2,(H,26,29)/t16-/m0/s1. The van der Waals surface area contributed by atoms with Crippen molar-refractivity contribution in [3.8, 4) is 0 Å². The number of pyridine rings is 1. The van der Waals surface area contributed by atoms with Crippen LogP contribution in [0.5, 0.6) is 0 Å². The fraction of sp³-hybridized carbons (Fsp3) is 0.300. The number of piperidine rings is 1. The molecule has 0 saturated carbocycles. The van der Waals surface area contributed by atoms with Crippen LogP contribution >= 0.6 is 39.1 Å². The van der Waals surface area contributed by atoms with E-state index in [1.54, 1.807) is 29.2 Å². The highest BCUT2D eigenvalue weighted by atomic mass is 79.9. The monoisotopic (exact) mass is 527 g/mol. The van der Waals surface area contributed by atoms with Gasteiger partial charge < -0.3 is 20.4 Å².